The van der Waals surface area contributed by atoms with Crippen molar-refractivity contribution in [2.45, 2.75) is 0 Å². The average molecular weight is 324 g/mol. The van der Waals surface area contributed by atoms with Crippen LogP contribution in [0.15, 0.2) is 34.8 Å². The van der Waals surface area contributed by atoms with E-state index in [2.05, 4.69) is 32.3 Å². The summed E-state index contributed by atoms with van der Waals surface area (Å²) in [6.45, 7) is 0. The summed E-state index contributed by atoms with van der Waals surface area (Å²) in [4.78, 5) is 4.08. The van der Waals surface area contributed by atoms with Crippen LogP contribution in [0.1, 0.15) is 5.56 Å². The molecule has 3 N–H and O–H groups in total. The lowest BCUT2D eigenvalue weighted by atomic mass is 10.2. The lowest BCUT2D eigenvalue weighted by Crippen LogP contribution is -1.98. The van der Waals surface area contributed by atoms with E-state index in [0.717, 1.165) is 4.47 Å². The summed E-state index contributed by atoms with van der Waals surface area (Å²) in [5, 5.41) is 12.3. The molecule has 0 radical (unpaired) electrons. The van der Waals surface area contributed by atoms with E-state index >= 15 is 0 Å². The van der Waals surface area contributed by atoms with Crippen molar-refractivity contribution in [3.05, 3.63) is 45.5 Å². The van der Waals surface area contributed by atoms with Gasteiger partial charge in [0, 0.05) is 16.2 Å². The van der Waals surface area contributed by atoms with Crippen LogP contribution in [0.2, 0.25) is 5.15 Å². The third kappa shape index (κ3) is 2.92. The Kier molecular flexibility index (Phi) is 3.70. The third-order valence-corrected chi connectivity index (χ3v) is 2.87. The molecule has 4 nitrogen and oxygen atoms in total. The minimum atomic E-state index is 0.297. The van der Waals surface area contributed by atoms with Crippen LogP contribution in [-0.2, 0) is 0 Å². The Morgan fingerprint density at radius 1 is 1.33 bits per heavy atom. The predicted molar refractivity (Wildman–Crippen MR) is 75.8 cm³/mol. The van der Waals surface area contributed by atoms with E-state index in [9.17, 15) is 0 Å². The van der Waals surface area contributed by atoms with Gasteiger partial charge in [-0.05, 0) is 24.3 Å². The van der Waals surface area contributed by atoms with Crippen molar-refractivity contribution in [3.63, 3.8) is 0 Å². The topological polar surface area (TPSA) is 74.7 Å². The maximum absolute atomic E-state index is 9.02. The minimum absolute atomic E-state index is 0.297. The fourth-order valence-corrected chi connectivity index (χ4v) is 2.01. The molecule has 0 aliphatic carbocycles. The predicted octanol–water partition coefficient (Wildman–Crippen LogP) is 3.69. The quantitative estimate of drug-likeness (QED) is 0.826. The van der Waals surface area contributed by atoms with Crippen molar-refractivity contribution in [2.75, 3.05) is 11.1 Å². The van der Waals surface area contributed by atoms with Gasteiger partial charge in [0.25, 0.3) is 0 Å². The van der Waals surface area contributed by atoms with Gasteiger partial charge >= 0.3 is 0 Å². The number of pyridine rings is 1. The number of hydrogen-bond donors (Lipinski definition) is 2. The van der Waals surface area contributed by atoms with Crippen LogP contribution in [0.5, 0.6) is 0 Å². The summed E-state index contributed by atoms with van der Waals surface area (Å²) < 4.78 is 0.860. The van der Waals surface area contributed by atoms with Gasteiger partial charge in [-0.3, -0.25) is 0 Å². The Bertz CT molecular complexity index is 616. The number of anilines is 3. The molecule has 0 bridgehead atoms. The number of nitrogens with two attached hydrogens (primary N) is 1. The van der Waals surface area contributed by atoms with E-state index in [4.69, 9.17) is 22.6 Å². The number of rotatable bonds is 2. The Morgan fingerprint density at radius 3 is 2.78 bits per heavy atom. The number of aromatic nitrogens is 1. The summed E-state index contributed by atoms with van der Waals surface area (Å²) in [5.41, 5.74) is 7.33. The van der Waals surface area contributed by atoms with Gasteiger partial charge in [0.1, 0.15) is 17.0 Å². The van der Waals surface area contributed by atoms with E-state index in [1.54, 1.807) is 30.3 Å². The van der Waals surface area contributed by atoms with E-state index < -0.39 is 0 Å². The largest absolute Gasteiger partial charge is 0.399 e. The second-order valence-electron chi connectivity index (χ2n) is 3.54. The maximum atomic E-state index is 9.02. The molecule has 1 heterocycles. The summed E-state index contributed by atoms with van der Waals surface area (Å²) in [5.74, 6) is 0.495. The first-order chi connectivity index (χ1) is 8.58. The van der Waals surface area contributed by atoms with Crippen LogP contribution in [0.3, 0.4) is 0 Å². The average Bonchev–Trinajstić information content (AvgIpc) is 2.27. The van der Waals surface area contributed by atoms with E-state index in [1.807, 2.05) is 0 Å². The highest BCUT2D eigenvalue weighted by Crippen LogP contribution is 2.25. The van der Waals surface area contributed by atoms with Crippen LogP contribution in [-0.4, -0.2) is 4.98 Å². The molecule has 0 saturated carbocycles. The number of halogens is 2. The number of nitriles is 1. The zero-order valence-corrected chi connectivity index (χ0v) is 11.5. The molecule has 6 heteroatoms. The number of nitrogen functional groups attached to an aromatic ring is 1. The molecule has 0 amide bonds. The smallest absolute Gasteiger partial charge is 0.134 e. The van der Waals surface area contributed by atoms with Crippen molar-refractivity contribution in [1.29, 1.82) is 5.26 Å². The first-order valence-electron chi connectivity index (χ1n) is 4.98. The molecular weight excluding hydrogens is 316 g/mol. The number of nitrogens with one attached hydrogen (secondary N) is 1. The Labute approximate surface area is 118 Å². The Morgan fingerprint density at radius 2 is 2.11 bits per heavy atom. The Balaban J connectivity index is 2.39. The fraction of sp³-hybridized carbons (Fsp3) is 0. The fourth-order valence-electron chi connectivity index (χ4n) is 1.44. The standard InChI is InChI=1S/C12H8BrClN4/c13-8-2-1-7(6-15)10(3-8)17-12-5-9(16)4-11(14)18-12/h1-5H,(H3,16,17,18). The van der Waals surface area contributed by atoms with Crippen LogP contribution in [0.25, 0.3) is 0 Å². The highest BCUT2D eigenvalue weighted by Gasteiger charge is 2.05. The van der Waals surface area contributed by atoms with Crippen LogP contribution >= 0.6 is 27.5 Å². The molecule has 0 saturated heterocycles. The molecule has 1 aromatic carbocycles. The molecule has 90 valence electrons. The highest BCUT2D eigenvalue weighted by molar-refractivity contribution is 9.10. The molecule has 18 heavy (non-hydrogen) atoms. The maximum Gasteiger partial charge on any atom is 0.134 e. The Hall–Kier alpha value is -1.77. The van der Waals surface area contributed by atoms with Crippen molar-refractivity contribution in [2.24, 2.45) is 0 Å². The van der Waals surface area contributed by atoms with E-state index in [0.29, 0.717) is 27.9 Å². The monoisotopic (exact) mass is 322 g/mol. The van der Waals surface area contributed by atoms with E-state index in [1.165, 1.54) is 0 Å². The summed E-state index contributed by atoms with van der Waals surface area (Å²) in [6, 6.07) is 10.6. The zero-order valence-electron chi connectivity index (χ0n) is 9.11. The lowest BCUT2D eigenvalue weighted by molar-refractivity contribution is 1.30. The molecule has 0 atom stereocenters. The first-order valence-corrected chi connectivity index (χ1v) is 6.15. The number of nitrogens with zero attached hydrogens (tertiary/aromatic N) is 2. The lowest BCUT2D eigenvalue weighted by Gasteiger charge is -2.09. The van der Waals surface area contributed by atoms with Crippen LogP contribution in [0, 0.1) is 11.3 Å². The van der Waals surface area contributed by atoms with Gasteiger partial charge in [0.2, 0.25) is 0 Å². The van der Waals surface area contributed by atoms with Crippen LogP contribution < -0.4 is 11.1 Å². The summed E-state index contributed by atoms with van der Waals surface area (Å²) in [7, 11) is 0. The third-order valence-electron chi connectivity index (χ3n) is 2.18. The highest BCUT2D eigenvalue weighted by atomic mass is 79.9. The molecule has 2 aromatic rings. The van der Waals surface area contributed by atoms with Gasteiger partial charge in [-0.15, -0.1) is 0 Å². The number of benzene rings is 1. The molecule has 0 fully saturated rings. The second-order valence-corrected chi connectivity index (χ2v) is 4.84. The summed E-state index contributed by atoms with van der Waals surface area (Å²) >= 11 is 9.16. The van der Waals surface area contributed by atoms with Gasteiger partial charge < -0.3 is 11.1 Å². The molecule has 0 aliphatic heterocycles. The van der Waals surface area contributed by atoms with Crippen molar-refractivity contribution >= 4 is 44.7 Å². The van der Waals surface area contributed by atoms with Gasteiger partial charge in [-0.25, -0.2) is 4.98 Å². The first kappa shape index (κ1) is 12.7. The molecule has 2 rings (SSSR count). The van der Waals surface area contributed by atoms with Gasteiger partial charge in [-0.1, -0.05) is 27.5 Å². The summed E-state index contributed by atoms with van der Waals surface area (Å²) in [6.07, 6.45) is 0. The van der Waals surface area contributed by atoms with Crippen molar-refractivity contribution < 1.29 is 0 Å². The molecular formula is C12H8BrClN4. The van der Waals surface area contributed by atoms with Gasteiger partial charge in [0.05, 0.1) is 11.3 Å². The normalized spacial score (nSPS) is 9.83. The van der Waals surface area contributed by atoms with Crippen LogP contribution in [0.4, 0.5) is 17.2 Å². The molecule has 1 aromatic heterocycles. The SMILES string of the molecule is N#Cc1ccc(Br)cc1Nc1cc(N)cc(Cl)n1. The molecule has 0 spiro atoms. The number of hydrogen-bond acceptors (Lipinski definition) is 4. The van der Waals surface area contributed by atoms with Gasteiger partial charge in [0.15, 0.2) is 0 Å². The minimum Gasteiger partial charge on any atom is -0.399 e. The van der Waals surface area contributed by atoms with Gasteiger partial charge in [-0.2, -0.15) is 5.26 Å². The van der Waals surface area contributed by atoms with Crippen molar-refractivity contribution in [3.8, 4) is 6.07 Å². The second kappa shape index (κ2) is 5.25. The molecule has 0 aliphatic rings. The van der Waals surface area contributed by atoms with E-state index in [-0.39, 0.29) is 0 Å². The zero-order chi connectivity index (χ0) is 13.1. The molecule has 0 unspecified atom stereocenters. The van der Waals surface area contributed by atoms with Crippen molar-refractivity contribution in [1.82, 2.24) is 4.98 Å².